The van der Waals surface area contributed by atoms with Gasteiger partial charge in [0.15, 0.2) is 0 Å². The van der Waals surface area contributed by atoms with Gasteiger partial charge in [-0.3, -0.25) is 0 Å². The van der Waals surface area contributed by atoms with E-state index in [1.54, 1.807) is 7.11 Å². The quantitative estimate of drug-likeness (QED) is 0.604. The van der Waals surface area contributed by atoms with Gasteiger partial charge in [0.25, 0.3) is 0 Å². The summed E-state index contributed by atoms with van der Waals surface area (Å²) in [6.45, 7) is 6.39. The van der Waals surface area contributed by atoms with E-state index in [-0.39, 0.29) is 0 Å². The molecule has 0 aliphatic carbocycles. The summed E-state index contributed by atoms with van der Waals surface area (Å²) in [5.74, 6) is 0. The summed E-state index contributed by atoms with van der Waals surface area (Å²) in [5, 5.41) is 3.37. The summed E-state index contributed by atoms with van der Waals surface area (Å²) in [7, 11) is 6.19. The molecule has 0 bridgehead atoms. The highest BCUT2D eigenvalue weighted by atomic mass is 16.5. The molecule has 0 amide bonds. The monoisotopic (exact) mass is 229 g/mol. The maximum absolute atomic E-state index is 4.99. The molecule has 0 aromatic carbocycles. The molecule has 0 spiro atoms. The molecule has 1 aliphatic rings. The maximum Gasteiger partial charge on any atom is 0.0587 e. The Kier molecular flexibility index (Phi) is 6.96. The molecule has 4 nitrogen and oxygen atoms in total. The van der Waals surface area contributed by atoms with Crippen LogP contribution in [0.4, 0.5) is 0 Å². The van der Waals surface area contributed by atoms with E-state index in [4.69, 9.17) is 4.74 Å². The van der Waals surface area contributed by atoms with E-state index in [9.17, 15) is 0 Å². The summed E-state index contributed by atoms with van der Waals surface area (Å²) in [6, 6.07) is 0.768. The van der Waals surface area contributed by atoms with E-state index in [0.717, 1.165) is 32.3 Å². The molecular formula is C12H27N3O. The van der Waals surface area contributed by atoms with Crippen molar-refractivity contribution in [3.8, 4) is 0 Å². The van der Waals surface area contributed by atoms with Crippen LogP contribution in [0.5, 0.6) is 0 Å². The van der Waals surface area contributed by atoms with E-state index in [2.05, 4.69) is 29.2 Å². The molecule has 1 rings (SSSR count). The van der Waals surface area contributed by atoms with Crippen molar-refractivity contribution in [2.75, 3.05) is 60.5 Å². The van der Waals surface area contributed by atoms with Gasteiger partial charge in [-0.25, -0.2) is 0 Å². The Hall–Kier alpha value is -0.160. The summed E-state index contributed by atoms with van der Waals surface area (Å²) in [6.07, 6.45) is 2.72. The van der Waals surface area contributed by atoms with Gasteiger partial charge in [-0.2, -0.15) is 0 Å². The third kappa shape index (κ3) is 5.25. The smallest absolute Gasteiger partial charge is 0.0587 e. The van der Waals surface area contributed by atoms with Crippen LogP contribution in [0.2, 0.25) is 0 Å². The normalized spacial score (nSPS) is 22.1. The van der Waals surface area contributed by atoms with Gasteiger partial charge < -0.3 is 19.9 Å². The first-order valence-corrected chi connectivity index (χ1v) is 6.32. The van der Waals surface area contributed by atoms with Crippen molar-refractivity contribution in [3.63, 3.8) is 0 Å². The summed E-state index contributed by atoms with van der Waals surface area (Å²) < 4.78 is 4.99. The number of likely N-dealkylation sites (N-methyl/N-ethyl adjacent to an activating group) is 2. The lowest BCUT2D eigenvalue weighted by Crippen LogP contribution is -2.39. The Morgan fingerprint density at radius 3 is 2.88 bits per heavy atom. The zero-order valence-corrected chi connectivity index (χ0v) is 11.0. The minimum absolute atomic E-state index is 0.768. The second-order valence-electron chi connectivity index (χ2n) is 4.78. The fourth-order valence-electron chi connectivity index (χ4n) is 2.23. The number of nitrogens with one attached hydrogen (secondary N) is 1. The molecule has 16 heavy (non-hydrogen) atoms. The average Bonchev–Trinajstić information content (AvgIpc) is 2.64. The standard InChI is InChI=1S/C12H27N3O/c1-14(9-6-13-7-10-16-3)11-12-5-4-8-15(12)2/h12-13H,4-11H2,1-3H3. The number of rotatable bonds is 8. The van der Waals surface area contributed by atoms with Crippen LogP contribution < -0.4 is 5.32 Å². The third-order valence-electron chi connectivity index (χ3n) is 3.35. The third-order valence-corrected chi connectivity index (χ3v) is 3.35. The van der Waals surface area contributed by atoms with Gasteiger partial charge in [-0.05, 0) is 33.5 Å². The van der Waals surface area contributed by atoms with Crippen LogP contribution in [-0.2, 0) is 4.74 Å². The largest absolute Gasteiger partial charge is 0.383 e. The SMILES string of the molecule is COCCNCCN(C)CC1CCCN1C. The first-order valence-electron chi connectivity index (χ1n) is 6.32. The van der Waals surface area contributed by atoms with Gasteiger partial charge in [-0.15, -0.1) is 0 Å². The predicted octanol–water partition coefficient (Wildman–Crippen LogP) is 0.248. The highest BCUT2D eigenvalue weighted by Crippen LogP contribution is 2.14. The van der Waals surface area contributed by atoms with Crippen molar-refractivity contribution >= 4 is 0 Å². The summed E-state index contributed by atoms with van der Waals surface area (Å²) in [5.41, 5.74) is 0. The van der Waals surface area contributed by atoms with Crippen LogP contribution in [0.25, 0.3) is 0 Å². The lowest BCUT2D eigenvalue weighted by Gasteiger charge is -2.25. The van der Waals surface area contributed by atoms with Crippen molar-refractivity contribution in [2.45, 2.75) is 18.9 Å². The number of nitrogens with zero attached hydrogens (tertiary/aromatic N) is 2. The van der Waals surface area contributed by atoms with Crippen molar-refractivity contribution in [3.05, 3.63) is 0 Å². The van der Waals surface area contributed by atoms with Crippen molar-refractivity contribution < 1.29 is 4.74 Å². The molecular weight excluding hydrogens is 202 g/mol. The first kappa shape index (κ1) is 13.9. The average molecular weight is 229 g/mol. The highest BCUT2D eigenvalue weighted by molar-refractivity contribution is 4.78. The molecule has 4 heteroatoms. The molecule has 96 valence electrons. The Morgan fingerprint density at radius 2 is 2.25 bits per heavy atom. The van der Waals surface area contributed by atoms with Gasteiger partial charge in [0, 0.05) is 39.3 Å². The van der Waals surface area contributed by atoms with Crippen molar-refractivity contribution in [1.82, 2.24) is 15.1 Å². The van der Waals surface area contributed by atoms with Crippen LogP contribution in [0.15, 0.2) is 0 Å². The predicted molar refractivity (Wildman–Crippen MR) is 67.9 cm³/mol. The zero-order chi connectivity index (χ0) is 11.8. The second-order valence-corrected chi connectivity index (χ2v) is 4.78. The molecule has 1 N–H and O–H groups in total. The molecule has 1 fully saturated rings. The molecule has 1 aliphatic heterocycles. The summed E-state index contributed by atoms with van der Waals surface area (Å²) in [4.78, 5) is 4.90. The molecule has 0 aromatic heterocycles. The molecule has 0 radical (unpaired) electrons. The Labute approximate surface area is 99.9 Å². The number of ether oxygens (including phenoxy) is 1. The Bertz CT molecular complexity index is 178. The van der Waals surface area contributed by atoms with Gasteiger partial charge in [0.2, 0.25) is 0 Å². The van der Waals surface area contributed by atoms with Gasteiger partial charge in [0.1, 0.15) is 0 Å². The van der Waals surface area contributed by atoms with E-state index >= 15 is 0 Å². The molecule has 1 atom stereocenters. The van der Waals surface area contributed by atoms with Crippen molar-refractivity contribution in [2.24, 2.45) is 0 Å². The Balaban J connectivity index is 1.99. The van der Waals surface area contributed by atoms with Crippen LogP contribution >= 0.6 is 0 Å². The number of hydrogen-bond donors (Lipinski definition) is 1. The van der Waals surface area contributed by atoms with Crippen molar-refractivity contribution in [1.29, 1.82) is 0 Å². The zero-order valence-electron chi connectivity index (χ0n) is 11.0. The molecule has 1 heterocycles. The molecule has 0 aromatic rings. The first-order chi connectivity index (χ1) is 7.74. The lowest BCUT2D eigenvalue weighted by molar-refractivity contribution is 0.194. The molecule has 0 saturated carbocycles. The van der Waals surface area contributed by atoms with E-state index in [1.807, 2.05) is 0 Å². The van der Waals surface area contributed by atoms with Gasteiger partial charge in [-0.1, -0.05) is 0 Å². The molecule has 1 saturated heterocycles. The number of likely N-dealkylation sites (tertiary alicyclic amines) is 1. The van der Waals surface area contributed by atoms with Gasteiger partial charge in [0.05, 0.1) is 6.61 Å². The molecule has 1 unspecified atom stereocenters. The van der Waals surface area contributed by atoms with Crippen LogP contribution in [-0.4, -0.2) is 76.4 Å². The second kappa shape index (κ2) is 8.01. The van der Waals surface area contributed by atoms with Crippen LogP contribution in [0.1, 0.15) is 12.8 Å². The van der Waals surface area contributed by atoms with E-state index in [1.165, 1.54) is 25.9 Å². The number of hydrogen-bond acceptors (Lipinski definition) is 4. The fraction of sp³-hybridized carbons (Fsp3) is 1.00. The Morgan fingerprint density at radius 1 is 1.44 bits per heavy atom. The highest BCUT2D eigenvalue weighted by Gasteiger charge is 2.21. The van der Waals surface area contributed by atoms with E-state index < -0.39 is 0 Å². The number of methoxy groups -OCH3 is 1. The maximum atomic E-state index is 4.99. The minimum atomic E-state index is 0.768. The summed E-state index contributed by atoms with van der Waals surface area (Å²) >= 11 is 0. The lowest BCUT2D eigenvalue weighted by atomic mass is 10.2. The topological polar surface area (TPSA) is 27.7 Å². The fourth-order valence-corrected chi connectivity index (χ4v) is 2.23. The van der Waals surface area contributed by atoms with Crippen LogP contribution in [0, 0.1) is 0 Å². The van der Waals surface area contributed by atoms with E-state index in [0.29, 0.717) is 0 Å². The van der Waals surface area contributed by atoms with Crippen LogP contribution in [0.3, 0.4) is 0 Å². The van der Waals surface area contributed by atoms with Gasteiger partial charge >= 0.3 is 0 Å². The minimum Gasteiger partial charge on any atom is -0.383 e.